The second kappa shape index (κ2) is 9.05. The second-order valence-electron chi connectivity index (χ2n) is 5.13. The molecule has 0 bridgehead atoms. The minimum Gasteiger partial charge on any atom is -0.382 e. The van der Waals surface area contributed by atoms with Crippen LogP contribution in [0.1, 0.15) is 37.3 Å². The highest BCUT2D eigenvalue weighted by molar-refractivity contribution is 4.98. The molecule has 1 aromatic rings. The molecule has 6 heteroatoms. The number of nitrogens with zero attached hydrogens (tertiary/aromatic N) is 3. The van der Waals surface area contributed by atoms with Gasteiger partial charge in [0.2, 0.25) is 0 Å². The third kappa shape index (κ3) is 4.85. The summed E-state index contributed by atoms with van der Waals surface area (Å²) >= 11 is 0. The van der Waals surface area contributed by atoms with Crippen LogP contribution in [0, 0.1) is 0 Å². The van der Waals surface area contributed by atoms with Gasteiger partial charge >= 0.3 is 0 Å². The highest BCUT2D eigenvalue weighted by atomic mass is 16.5. The summed E-state index contributed by atoms with van der Waals surface area (Å²) in [6.07, 6.45) is 5.76. The molecular weight excluding hydrogens is 256 g/mol. The molecule has 0 saturated carbocycles. The molecule has 1 N–H and O–H groups in total. The van der Waals surface area contributed by atoms with Gasteiger partial charge in [0.05, 0.1) is 19.8 Å². The van der Waals surface area contributed by atoms with Crippen LogP contribution in [0.5, 0.6) is 0 Å². The lowest BCUT2D eigenvalue weighted by Crippen LogP contribution is -2.20. The van der Waals surface area contributed by atoms with Gasteiger partial charge in [-0.1, -0.05) is 0 Å². The maximum atomic E-state index is 5.42. The number of unbranched alkanes of at least 4 members (excludes halogenated alkanes) is 1. The van der Waals surface area contributed by atoms with Crippen molar-refractivity contribution in [2.45, 2.75) is 45.2 Å². The summed E-state index contributed by atoms with van der Waals surface area (Å²) < 4.78 is 12.6. The van der Waals surface area contributed by atoms with Crippen LogP contribution in [-0.4, -0.2) is 48.2 Å². The van der Waals surface area contributed by atoms with Gasteiger partial charge in [0.25, 0.3) is 0 Å². The summed E-state index contributed by atoms with van der Waals surface area (Å²) in [5.74, 6) is 2.23. The van der Waals surface area contributed by atoms with E-state index in [4.69, 9.17) is 9.47 Å². The first-order valence-electron chi connectivity index (χ1n) is 7.60. The summed E-state index contributed by atoms with van der Waals surface area (Å²) in [7, 11) is 1.69. The van der Waals surface area contributed by atoms with Crippen molar-refractivity contribution in [2.24, 2.45) is 0 Å². The summed E-state index contributed by atoms with van der Waals surface area (Å²) in [6, 6.07) is 0. The molecule has 6 nitrogen and oxygen atoms in total. The number of aryl methyl sites for hydroxylation is 1. The van der Waals surface area contributed by atoms with Crippen LogP contribution in [0.25, 0.3) is 0 Å². The average molecular weight is 282 g/mol. The van der Waals surface area contributed by atoms with Crippen molar-refractivity contribution < 1.29 is 9.47 Å². The van der Waals surface area contributed by atoms with Crippen LogP contribution in [-0.2, 0) is 29.0 Å². The molecule has 114 valence electrons. The fraction of sp³-hybridized carbons (Fsp3) is 0.857. The molecule has 0 fully saturated rings. The minimum absolute atomic E-state index is 0.677. The van der Waals surface area contributed by atoms with Crippen molar-refractivity contribution in [3.63, 3.8) is 0 Å². The Morgan fingerprint density at radius 1 is 1.15 bits per heavy atom. The first-order valence-corrected chi connectivity index (χ1v) is 7.60. The van der Waals surface area contributed by atoms with Gasteiger partial charge < -0.3 is 19.4 Å². The Balaban J connectivity index is 1.52. The predicted molar refractivity (Wildman–Crippen MR) is 76.6 cm³/mol. The molecule has 20 heavy (non-hydrogen) atoms. The fourth-order valence-corrected chi connectivity index (χ4v) is 2.40. The molecule has 2 rings (SSSR count). The second-order valence-corrected chi connectivity index (χ2v) is 5.13. The third-order valence-corrected chi connectivity index (χ3v) is 3.54. The van der Waals surface area contributed by atoms with Crippen molar-refractivity contribution >= 4 is 0 Å². The zero-order chi connectivity index (χ0) is 14.0. The maximum absolute atomic E-state index is 5.42. The van der Waals surface area contributed by atoms with Gasteiger partial charge in [0, 0.05) is 26.7 Å². The molecule has 0 aliphatic carbocycles. The Morgan fingerprint density at radius 3 is 3.00 bits per heavy atom. The molecule has 0 radical (unpaired) electrons. The number of fused-ring (bicyclic) bond motifs is 1. The largest absolute Gasteiger partial charge is 0.382 e. The highest BCUT2D eigenvalue weighted by Crippen LogP contribution is 2.13. The number of hydrogen-bond donors (Lipinski definition) is 1. The quantitative estimate of drug-likeness (QED) is 0.652. The topological polar surface area (TPSA) is 61.2 Å². The average Bonchev–Trinajstić information content (AvgIpc) is 2.89. The zero-order valence-corrected chi connectivity index (χ0v) is 12.4. The van der Waals surface area contributed by atoms with Gasteiger partial charge in [0.15, 0.2) is 0 Å². The van der Waals surface area contributed by atoms with Crippen LogP contribution >= 0.6 is 0 Å². The molecule has 1 aliphatic heterocycles. The number of aromatic nitrogens is 3. The van der Waals surface area contributed by atoms with Crippen molar-refractivity contribution in [1.29, 1.82) is 0 Å². The molecule has 0 spiro atoms. The molecule has 0 aromatic carbocycles. The molecule has 0 unspecified atom stereocenters. The predicted octanol–water partition coefficient (Wildman–Crippen LogP) is 1.15. The first-order chi connectivity index (χ1) is 9.92. The van der Waals surface area contributed by atoms with Crippen LogP contribution in [0.3, 0.4) is 0 Å². The van der Waals surface area contributed by atoms with E-state index in [9.17, 15) is 0 Å². The number of rotatable bonds is 10. The lowest BCUT2D eigenvalue weighted by atomic mass is 10.2. The van der Waals surface area contributed by atoms with E-state index in [0.717, 1.165) is 57.2 Å². The number of hydrogen-bond acceptors (Lipinski definition) is 5. The van der Waals surface area contributed by atoms with Crippen molar-refractivity contribution in [2.75, 3.05) is 33.5 Å². The summed E-state index contributed by atoms with van der Waals surface area (Å²) in [5, 5.41) is 12.0. The molecule has 0 saturated heterocycles. The van der Waals surface area contributed by atoms with Crippen LogP contribution in [0.4, 0.5) is 0 Å². The molecule has 2 heterocycles. The van der Waals surface area contributed by atoms with Gasteiger partial charge in [-0.3, -0.25) is 0 Å². The Morgan fingerprint density at radius 2 is 2.10 bits per heavy atom. The Kier molecular flexibility index (Phi) is 6.97. The third-order valence-electron chi connectivity index (χ3n) is 3.54. The monoisotopic (exact) mass is 282 g/mol. The smallest absolute Gasteiger partial charge is 0.147 e. The molecular formula is C14H26N4O2. The first kappa shape index (κ1) is 15.4. The maximum Gasteiger partial charge on any atom is 0.147 e. The van der Waals surface area contributed by atoms with Crippen molar-refractivity contribution in [1.82, 2.24) is 20.1 Å². The summed E-state index contributed by atoms with van der Waals surface area (Å²) in [5.41, 5.74) is 0. The lowest BCUT2D eigenvalue weighted by molar-refractivity contribution is 0.0688. The van der Waals surface area contributed by atoms with Gasteiger partial charge in [-0.2, -0.15) is 0 Å². The Bertz CT molecular complexity index is 381. The van der Waals surface area contributed by atoms with E-state index in [0.29, 0.717) is 13.2 Å². The van der Waals surface area contributed by atoms with Gasteiger partial charge in [-0.05, 0) is 32.2 Å². The summed E-state index contributed by atoms with van der Waals surface area (Å²) in [4.78, 5) is 0. The van der Waals surface area contributed by atoms with E-state index in [1.54, 1.807) is 7.11 Å². The normalized spacial score (nSPS) is 14.4. The molecule has 0 atom stereocenters. The Hall–Kier alpha value is -0.980. The molecule has 1 aromatic heterocycles. The summed E-state index contributed by atoms with van der Waals surface area (Å²) in [6.45, 7) is 5.07. The van der Waals surface area contributed by atoms with Crippen LogP contribution in [0.15, 0.2) is 0 Å². The number of methoxy groups -OCH3 is 1. The fourth-order valence-electron chi connectivity index (χ4n) is 2.40. The molecule has 0 amide bonds. The van der Waals surface area contributed by atoms with E-state index >= 15 is 0 Å². The van der Waals surface area contributed by atoms with Crippen molar-refractivity contribution in [3.05, 3.63) is 11.6 Å². The lowest BCUT2D eigenvalue weighted by Gasteiger charge is -2.14. The molecule has 1 aliphatic rings. The van der Waals surface area contributed by atoms with E-state index < -0.39 is 0 Å². The van der Waals surface area contributed by atoms with Crippen molar-refractivity contribution in [3.8, 4) is 0 Å². The van der Waals surface area contributed by atoms with Gasteiger partial charge in [-0.15, -0.1) is 10.2 Å². The van der Waals surface area contributed by atoms with E-state index in [-0.39, 0.29) is 0 Å². The van der Waals surface area contributed by atoms with E-state index in [2.05, 4.69) is 20.1 Å². The highest BCUT2D eigenvalue weighted by Gasteiger charge is 2.14. The zero-order valence-electron chi connectivity index (χ0n) is 12.4. The van der Waals surface area contributed by atoms with Gasteiger partial charge in [0.1, 0.15) is 11.6 Å². The number of nitrogens with one attached hydrogen (secondary N) is 1. The minimum atomic E-state index is 0.677. The van der Waals surface area contributed by atoms with Crippen LogP contribution < -0.4 is 5.32 Å². The van der Waals surface area contributed by atoms with Gasteiger partial charge in [-0.25, -0.2) is 0 Å². The Labute approximate surface area is 120 Å². The number of ether oxygens (including phenoxy) is 2. The SMILES string of the molecule is COCCOCCCCNCc1nnc2n1CCCC2. The van der Waals surface area contributed by atoms with E-state index in [1.807, 2.05) is 0 Å². The van der Waals surface area contributed by atoms with Crippen LogP contribution in [0.2, 0.25) is 0 Å². The van der Waals surface area contributed by atoms with E-state index in [1.165, 1.54) is 12.8 Å². The standard InChI is InChI=1S/C14H26N4O2/c1-19-10-11-20-9-5-3-7-15-12-14-17-16-13-6-2-4-8-18(13)14/h15H,2-12H2,1H3.